The summed E-state index contributed by atoms with van der Waals surface area (Å²) in [5.74, 6) is 2.82. The number of guanidine groups is 1. The molecule has 1 fully saturated rings. The highest BCUT2D eigenvalue weighted by Gasteiger charge is 2.22. The zero-order chi connectivity index (χ0) is 21.8. The maximum absolute atomic E-state index is 4.76. The number of aryl methyl sites for hydroxylation is 1. The van der Waals surface area contributed by atoms with Gasteiger partial charge in [-0.2, -0.15) is 4.37 Å². The molecule has 0 atom stereocenters. The molecule has 2 aromatic heterocycles. The van der Waals surface area contributed by atoms with Gasteiger partial charge in [0.1, 0.15) is 11.6 Å². The summed E-state index contributed by atoms with van der Waals surface area (Å²) in [4.78, 5) is 20.6. The predicted octanol–water partition coefficient (Wildman–Crippen LogP) is 2.61. The van der Waals surface area contributed by atoms with Gasteiger partial charge in [-0.05, 0) is 17.7 Å². The monoisotopic (exact) mass is 438 g/mol. The standard InChI is InChI=1S/C22H30N8S/c1-5-19-26-22(31-27-19)30-12-10-29(11-13-30)21(23-2)24-15-16-14-20(28(3)4)25-18-9-7-6-8-17(16)18/h6-9,14H,5,10-13,15H2,1-4H3,(H,23,24). The number of aliphatic imine (C=N–C) groups is 1. The van der Waals surface area contributed by atoms with E-state index in [4.69, 9.17) is 4.98 Å². The van der Waals surface area contributed by atoms with Crippen molar-refractivity contribution in [3.8, 4) is 0 Å². The molecule has 3 heterocycles. The Hall–Kier alpha value is -2.94. The molecule has 0 spiro atoms. The number of rotatable bonds is 5. The Morgan fingerprint density at radius 2 is 1.94 bits per heavy atom. The van der Waals surface area contributed by atoms with Crippen LogP contribution in [0.4, 0.5) is 10.9 Å². The summed E-state index contributed by atoms with van der Waals surface area (Å²) in [6, 6.07) is 10.5. The lowest BCUT2D eigenvalue weighted by Gasteiger charge is -2.36. The molecule has 1 aromatic carbocycles. The van der Waals surface area contributed by atoms with Crippen molar-refractivity contribution in [2.45, 2.75) is 19.9 Å². The number of hydrogen-bond donors (Lipinski definition) is 1. The van der Waals surface area contributed by atoms with E-state index in [0.717, 1.165) is 60.8 Å². The van der Waals surface area contributed by atoms with Crippen LogP contribution in [0, 0.1) is 0 Å². The second kappa shape index (κ2) is 9.47. The fourth-order valence-electron chi connectivity index (χ4n) is 3.74. The summed E-state index contributed by atoms with van der Waals surface area (Å²) in [6.07, 6.45) is 0.881. The van der Waals surface area contributed by atoms with Gasteiger partial charge >= 0.3 is 0 Å². The maximum Gasteiger partial charge on any atom is 0.205 e. The Balaban J connectivity index is 1.42. The lowest BCUT2D eigenvalue weighted by Crippen LogP contribution is -2.52. The van der Waals surface area contributed by atoms with Gasteiger partial charge in [-0.1, -0.05) is 25.1 Å². The van der Waals surface area contributed by atoms with E-state index >= 15 is 0 Å². The van der Waals surface area contributed by atoms with Crippen LogP contribution in [0.5, 0.6) is 0 Å². The summed E-state index contributed by atoms with van der Waals surface area (Å²) < 4.78 is 4.42. The first-order chi connectivity index (χ1) is 15.1. The molecule has 164 valence electrons. The van der Waals surface area contributed by atoms with Gasteiger partial charge in [-0.15, -0.1) is 0 Å². The number of anilines is 2. The third-order valence-corrected chi connectivity index (χ3v) is 6.33. The lowest BCUT2D eigenvalue weighted by molar-refractivity contribution is 0.372. The summed E-state index contributed by atoms with van der Waals surface area (Å²) in [5, 5.41) is 5.76. The number of aromatic nitrogens is 3. The molecule has 1 saturated heterocycles. The van der Waals surface area contributed by atoms with Crippen molar-refractivity contribution in [3.63, 3.8) is 0 Å². The lowest BCUT2D eigenvalue weighted by atomic mass is 10.1. The van der Waals surface area contributed by atoms with E-state index in [9.17, 15) is 0 Å². The van der Waals surface area contributed by atoms with Crippen LogP contribution in [0.25, 0.3) is 10.9 Å². The molecule has 0 aliphatic carbocycles. The largest absolute Gasteiger partial charge is 0.363 e. The van der Waals surface area contributed by atoms with Crippen LogP contribution >= 0.6 is 11.5 Å². The Morgan fingerprint density at radius 3 is 2.61 bits per heavy atom. The molecule has 1 N–H and O–H groups in total. The van der Waals surface area contributed by atoms with E-state index in [2.05, 4.69) is 60.7 Å². The molecule has 0 unspecified atom stereocenters. The second-order valence-electron chi connectivity index (χ2n) is 7.77. The zero-order valence-electron chi connectivity index (χ0n) is 18.7. The molecule has 9 heteroatoms. The summed E-state index contributed by atoms with van der Waals surface area (Å²) >= 11 is 1.50. The molecule has 0 saturated carbocycles. The smallest absolute Gasteiger partial charge is 0.205 e. The molecule has 8 nitrogen and oxygen atoms in total. The van der Waals surface area contributed by atoms with Crippen molar-refractivity contribution in [3.05, 3.63) is 41.7 Å². The van der Waals surface area contributed by atoms with Crippen LogP contribution in [-0.2, 0) is 13.0 Å². The van der Waals surface area contributed by atoms with Crippen molar-refractivity contribution < 1.29 is 0 Å². The van der Waals surface area contributed by atoms with Crippen molar-refractivity contribution in [2.24, 2.45) is 4.99 Å². The van der Waals surface area contributed by atoms with Gasteiger partial charge in [0.25, 0.3) is 0 Å². The summed E-state index contributed by atoms with van der Waals surface area (Å²) in [7, 11) is 5.89. The van der Waals surface area contributed by atoms with Gasteiger partial charge in [0.2, 0.25) is 5.13 Å². The molecular formula is C22H30N8S. The molecule has 0 amide bonds. The second-order valence-corrected chi connectivity index (χ2v) is 8.50. The van der Waals surface area contributed by atoms with Crippen LogP contribution in [0.15, 0.2) is 35.3 Å². The number of piperazine rings is 1. The molecule has 1 aliphatic heterocycles. The summed E-state index contributed by atoms with van der Waals surface area (Å²) in [6.45, 7) is 6.44. The van der Waals surface area contributed by atoms with Gasteiger partial charge < -0.3 is 20.0 Å². The number of benzene rings is 1. The van der Waals surface area contributed by atoms with Crippen LogP contribution in [0.3, 0.4) is 0 Å². The first kappa shape index (κ1) is 21.3. The van der Waals surface area contributed by atoms with Crippen molar-refractivity contribution >= 4 is 39.3 Å². The Labute approximate surface area is 187 Å². The highest BCUT2D eigenvalue weighted by molar-refractivity contribution is 7.09. The predicted molar refractivity (Wildman–Crippen MR) is 129 cm³/mol. The fourth-order valence-corrected chi connectivity index (χ4v) is 4.54. The molecular weight excluding hydrogens is 408 g/mol. The highest BCUT2D eigenvalue weighted by atomic mass is 32.1. The van der Waals surface area contributed by atoms with E-state index in [1.165, 1.54) is 22.5 Å². The SMILES string of the molecule is CCc1nsc(N2CCN(C(=NC)NCc3cc(N(C)C)nc4ccccc34)CC2)n1. The van der Waals surface area contributed by atoms with E-state index < -0.39 is 0 Å². The van der Waals surface area contributed by atoms with E-state index in [-0.39, 0.29) is 0 Å². The van der Waals surface area contributed by atoms with Crippen LogP contribution in [0.2, 0.25) is 0 Å². The molecule has 4 rings (SSSR count). The summed E-state index contributed by atoms with van der Waals surface area (Å²) in [5.41, 5.74) is 2.23. The topological polar surface area (TPSA) is 72.8 Å². The normalized spacial score (nSPS) is 14.9. The minimum Gasteiger partial charge on any atom is -0.363 e. The third kappa shape index (κ3) is 4.71. The van der Waals surface area contributed by atoms with Crippen molar-refractivity contribution in [1.82, 2.24) is 24.6 Å². The van der Waals surface area contributed by atoms with Crippen LogP contribution in [0.1, 0.15) is 18.3 Å². The average molecular weight is 439 g/mol. The zero-order valence-corrected chi connectivity index (χ0v) is 19.5. The van der Waals surface area contributed by atoms with E-state index in [0.29, 0.717) is 6.54 Å². The molecule has 0 radical (unpaired) electrons. The molecule has 31 heavy (non-hydrogen) atoms. The fraction of sp³-hybridized carbons (Fsp3) is 0.455. The van der Waals surface area contributed by atoms with Gasteiger partial charge in [0, 0.05) is 77.2 Å². The molecule has 1 aliphatic rings. The van der Waals surface area contributed by atoms with Crippen LogP contribution in [-0.4, -0.2) is 72.5 Å². The van der Waals surface area contributed by atoms with Gasteiger partial charge in [-0.3, -0.25) is 4.99 Å². The quantitative estimate of drug-likeness (QED) is 0.485. The Bertz CT molecular complexity index is 1050. The molecule has 3 aromatic rings. The molecule has 0 bridgehead atoms. The van der Waals surface area contributed by atoms with Crippen molar-refractivity contribution in [1.29, 1.82) is 0 Å². The first-order valence-corrected chi connectivity index (χ1v) is 11.5. The van der Waals surface area contributed by atoms with Crippen LogP contribution < -0.4 is 15.1 Å². The maximum atomic E-state index is 4.76. The average Bonchev–Trinajstić information content (AvgIpc) is 3.29. The van der Waals surface area contributed by atoms with Gasteiger partial charge in [-0.25, -0.2) is 9.97 Å². The number of nitrogens with one attached hydrogen (secondary N) is 1. The van der Waals surface area contributed by atoms with E-state index in [1.807, 2.05) is 32.1 Å². The number of hydrogen-bond acceptors (Lipinski definition) is 7. The Kier molecular flexibility index (Phi) is 6.50. The van der Waals surface area contributed by atoms with E-state index in [1.54, 1.807) is 0 Å². The third-order valence-electron chi connectivity index (χ3n) is 5.52. The van der Waals surface area contributed by atoms with Crippen molar-refractivity contribution in [2.75, 3.05) is 57.1 Å². The van der Waals surface area contributed by atoms with Gasteiger partial charge in [0.15, 0.2) is 5.96 Å². The minimum atomic E-state index is 0.701. The number of nitrogens with zero attached hydrogens (tertiary/aromatic N) is 7. The minimum absolute atomic E-state index is 0.701. The number of fused-ring (bicyclic) bond motifs is 1. The Morgan fingerprint density at radius 1 is 1.16 bits per heavy atom. The first-order valence-electron chi connectivity index (χ1n) is 10.7. The number of para-hydroxylation sites is 1. The highest BCUT2D eigenvalue weighted by Crippen LogP contribution is 2.22. The van der Waals surface area contributed by atoms with Gasteiger partial charge in [0.05, 0.1) is 5.52 Å². The number of pyridine rings is 1.